The van der Waals surface area contributed by atoms with E-state index in [2.05, 4.69) is 20.3 Å². The van der Waals surface area contributed by atoms with Crippen molar-refractivity contribution >= 4 is 34.1 Å². The number of ether oxygens (including phenoxy) is 2. The molecule has 51 heavy (non-hydrogen) atoms. The molecule has 264 valence electrons. The second-order valence-corrected chi connectivity index (χ2v) is 12.3. The molecule has 2 aromatic carbocycles. The van der Waals surface area contributed by atoms with Crippen LogP contribution in [0.4, 0.5) is 19.0 Å². The van der Waals surface area contributed by atoms with E-state index in [0.29, 0.717) is 73.6 Å². The van der Waals surface area contributed by atoms with E-state index in [1.165, 1.54) is 32.4 Å². The highest BCUT2D eigenvalue weighted by molar-refractivity contribution is 6.05. The van der Waals surface area contributed by atoms with Crippen LogP contribution in [0.3, 0.4) is 0 Å². The lowest BCUT2D eigenvalue weighted by molar-refractivity contribution is -0.131. The Morgan fingerprint density at radius 1 is 0.902 bits per heavy atom. The zero-order chi connectivity index (χ0) is 35.6. The topological polar surface area (TPSA) is 122 Å². The Bertz CT molecular complexity index is 2130. The predicted molar refractivity (Wildman–Crippen MR) is 183 cm³/mol. The van der Waals surface area contributed by atoms with Gasteiger partial charge in [0.25, 0.3) is 11.8 Å². The van der Waals surface area contributed by atoms with Crippen molar-refractivity contribution in [1.29, 1.82) is 0 Å². The number of piperazine rings is 1. The van der Waals surface area contributed by atoms with Crippen molar-refractivity contribution in [3.05, 3.63) is 89.6 Å². The maximum atomic E-state index is 16.6. The van der Waals surface area contributed by atoms with Crippen LogP contribution in [0.1, 0.15) is 28.9 Å². The molecule has 5 heterocycles. The first-order chi connectivity index (χ1) is 24.7. The average Bonchev–Trinajstić information content (AvgIpc) is 3.86. The number of hydrogen-bond acceptors (Lipinski definition) is 8. The summed E-state index contributed by atoms with van der Waals surface area (Å²) in [6.45, 7) is 2.60. The lowest BCUT2D eigenvalue weighted by Gasteiger charge is -2.35. The number of rotatable bonds is 9. The Morgan fingerprint density at radius 3 is 2.47 bits per heavy atom. The second kappa shape index (κ2) is 14.2. The van der Waals surface area contributed by atoms with Gasteiger partial charge in [0, 0.05) is 74.5 Å². The van der Waals surface area contributed by atoms with Crippen molar-refractivity contribution in [2.75, 3.05) is 58.4 Å². The van der Waals surface area contributed by atoms with Crippen molar-refractivity contribution in [2.45, 2.75) is 19.4 Å². The first-order valence-electron chi connectivity index (χ1n) is 16.5. The third kappa shape index (κ3) is 6.70. The van der Waals surface area contributed by atoms with E-state index in [1.807, 2.05) is 11.0 Å². The summed E-state index contributed by atoms with van der Waals surface area (Å²) in [4.78, 5) is 39.6. The molecule has 12 nitrogen and oxygen atoms in total. The number of benzene rings is 2. The number of halogens is 3. The standard InChI is InChI=1S/C36H35F3N8O4/c1-50-30-18-23(37)5-6-24(30)26-19-25(22-4-3-11-46(21-22)32(48)9-12-47-13-10-40-43-47)33(39)34-27(26)20-29(41-34)36(49)45-16-14-44(15-17-45)31-8-7-28(38)35(42-31)51-2/h4-8,10,13,18-20,41H,3,9,11-12,14-17,21H2,1-2H3. The molecule has 0 radical (unpaired) electrons. The molecule has 1 fully saturated rings. The first kappa shape index (κ1) is 33.6. The van der Waals surface area contributed by atoms with E-state index in [1.54, 1.807) is 51.1 Å². The fraction of sp³-hybridized carbons (Fsp3) is 0.306. The summed E-state index contributed by atoms with van der Waals surface area (Å²) in [5.74, 6) is -1.38. The number of aromatic nitrogens is 5. The van der Waals surface area contributed by atoms with Crippen LogP contribution >= 0.6 is 0 Å². The Kier molecular flexibility index (Phi) is 9.34. The van der Waals surface area contributed by atoms with Gasteiger partial charge in [-0.15, -0.1) is 5.10 Å². The van der Waals surface area contributed by atoms with Gasteiger partial charge in [0.15, 0.2) is 11.6 Å². The van der Waals surface area contributed by atoms with E-state index in [4.69, 9.17) is 9.47 Å². The highest BCUT2D eigenvalue weighted by Crippen LogP contribution is 2.40. The lowest BCUT2D eigenvalue weighted by atomic mass is 9.92. The number of amides is 2. The Labute approximate surface area is 291 Å². The van der Waals surface area contributed by atoms with Gasteiger partial charge in [-0.2, -0.15) is 4.98 Å². The molecular formula is C36H35F3N8O4. The molecule has 2 aliphatic rings. The number of nitrogens with zero attached hydrogens (tertiary/aromatic N) is 7. The molecule has 0 atom stereocenters. The molecular weight excluding hydrogens is 665 g/mol. The fourth-order valence-corrected chi connectivity index (χ4v) is 6.63. The van der Waals surface area contributed by atoms with Crippen LogP contribution in [-0.2, 0) is 11.3 Å². The van der Waals surface area contributed by atoms with E-state index < -0.39 is 17.5 Å². The maximum absolute atomic E-state index is 16.6. The van der Waals surface area contributed by atoms with Crippen molar-refractivity contribution in [1.82, 2.24) is 34.8 Å². The maximum Gasteiger partial charge on any atom is 0.270 e. The molecule has 0 spiro atoms. The summed E-state index contributed by atoms with van der Waals surface area (Å²) in [5.41, 5.74) is 2.20. The van der Waals surface area contributed by atoms with Crippen LogP contribution in [0.2, 0.25) is 0 Å². The smallest absolute Gasteiger partial charge is 0.270 e. The van der Waals surface area contributed by atoms with Crippen LogP contribution in [0.15, 0.2) is 60.9 Å². The van der Waals surface area contributed by atoms with Gasteiger partial charge in [0.1, 0.15) is 23.1 Å². The number of carbonyl (C=O) groups is 2. The molecule has 1 N–H and O–H groups in total. The van der Waals surface area contributed by atoms with Crippen LogP contribution < -0.4 is 14.4 Å². The SMILES string of the molecule is COc1cc(F)ccc1-c1cc(C2=CCCN(C(=O)CCn3ccnn3)C2)c(F)c2[nH]c(C(=O)N3CCN(c4ccc(F)c(OC)n4)CC3)cc12. The summed E-state index contributed by atoms with van der Waals surface area (Å²) >= 11 is 0. The zero-order valence-electron chi connectivity index (χ0n) is 28.0. The highest BCUT2D eigenvalue weighted by atomic mass is 19.1. The van der Waals surface area contributed by atoms with E-state index in [9.17, 15) is 18.4 Å². The Hall–Kier alpha value is -5.86. The number of methoxy groups -OCH3 is 2. The van der Waals surface area contributed by atoms with Crippen molar-refractivity contribution < 1.29 is 32.2 Å². The lowest BCUT2D eigenvalue weighted by Crippen LogP contribution is -2.49. The molecule has 1 saturated heterocycles. The van der Waals surface area contributed by atoms with E-state index >= 15 is 4.39 Å². The minimum atomic E-state index is -0.571. The van der Waals surface area contributed by atoms with Gasteiger partial charge in [0.05, 0.1) is 32.5 Å². The summed E-state index contributed by atoms with van der Waals surface area (Å²) in [6, 6.07) is 10.2. The largest absolute Gasteiger partial charge is 0.496 e. The monoisotopic (exact) mass is 700 g/mol. The van der Waals surface area contributed by atoms with Crippen LogP contribution in [0, 0.1) is 17.5 Å². The number of aryl methyl sites for hydroxylation is 1. The number of anilines is 1. The number of pyridine rings is 1. The number of carbonyl (C=O) groups excluding carboxylic acids is 2. The van der Waals surface area contributed by atoms with Gasteiger partial charge < -0.3 is 29.2 Å². The fourth-order valence-electron chi connectivity index (χ4n) is 6.63. The summed E-state index contributed by atoms with van der Waals surface area (Å²) in [6.07, 6.45) is 5.88. The minimum absolute atomic E-state index is 0.0970. The Morgan fingerprint density at radius 2 is 1.73 bits per heavy atom. The van der Waals surface area contributed by atoms with Gasteiger partial charge in [-0.25, -0.2) is 13.2 Å². The summed E-state index contributed by atoms with van der Waals surface area (Å²) in [7, 11) is 2.77. The van der Waals surface area contributed by atoms with Gasteiger partial charge in [-0.3, -0.25) is 14.3 Å². The first-order valence-corrected chi connectivity index (χ1v) is 16.5. The summed E-state index contributed by atoms with van der Waals surface area (Å²) < 4.78 is 57.0. The van der Waals surface area contributed by atoms with Crippen molar-refractivity contribution in [3.8, 4) is 22.8 Å². The van der Waals surface area contributed by atoms with Gasteiger partial charge in [0.2, 0.25) is 5.91 Å². The molecule has 7 rings (SSSR count). The number of hydrogen-bond donors (Lipinski definition) is 1. The summed E-state index contributed by atoms with van der Waals surface area (Å²) in [5, 5.41) is 8.11. The molecule has 0 unspecified atom stereocenters. The Balaban J connectivity index is 1.19. The highest BCUT2D eigenvalue weighted by Gasteiger charge is 2.28. The van der Waals surface area contributed by atoms with Gasteiger partial charge in [-0.1, -0.05) is 11.3 Å². The molecule has 0 saturated carbocycles. The number of nitrogens with one attached hydrogen (secondary N) is 1. The second-order valence-electron chi connectivity index (χ2n) is 12.3. The van der Waals surface area contributed by atoms with Crippen LogP contribution in [0.5, 0.6) is 11.6 Å². The number of fused-ring (bicyclic) bond motifs is 1. The van der Waals surface area contributed by atoms with Crippen LogP contribution in [0.25, 0.3) is 27.6 Å². The van der Waals surface area contributed by atoms with Crippen LogP contribution in [-0.4, -0.2) is 100 Å². The van der Waals surface area contributed by atoms with Crippen molar-refractivity contribution in [2.24, 2.45) is 0 Å². The molecule has 0 aliphatic carbocycles. The molecule has 2 aliphatic heterocycles. The zero-order valence-corrected chi connectivity index (χ0v) is 28.0. The predicted octanol–water partition coefficient (Wildman–Crippen LogP) is 4.92. The molecule has 5 aromatic rings. The van der Waals surface area contributed by atoms with Crippen molar-refractivity contribution in [3.63, 3.8) is 0 Å². The minimum Gasteiger partial charge on any atom is -0.496 e. The molecule has 3 aromatic heterocycles. The van der Waals surface area contributed by atoms with E-state index in [0.717, 1.165) is 0 Å². The number of H-pyrrole nitrogens is 1. The number of aromatic amines is 1. The van der Waals surface area contributed by atoms with Gasteiger partial charge in [-0.05, 0) is 54.0 Å². The molecule has 15 heteroatoms. The average molecular weight is 701 g/mol. The van der Waals surface area contributed by atoms with Gasteiger partial charge >= 0.3 is 0 Å². The molecule has 0 bridgehead atoms. The quantitative estimate of drug-likeness (QED) is 0.230. The third-order valence-corrected chi connectivity index (χ3v) is 9.30. The van der Waals surface area contributed by atoms with E-state index in [-0.39, 0.29) is 53.2 Å². The normalized spacial score (nSPS) is 14.9. The third-order valence-electron chi connectivity index (χ3n) is 9.30. The molecule has 2 amide bonds.